The summed E-state index contributed by atoms with van der Waals surface area (Å²) in [6.07, 6.45) is 4.42. The fourth-order valence-electron chi connectivity index (χ4n) is 6.41. The van der Waals surface area contributed by atoms with Crippen molar-refractivity contribution in [3.8, 4) is 11.3 Å². The lowest BCUT2D eigenvalue weighted by Crippen LogP contribution is -2.57. The predicted octanol–water partition coefficient (Wildman–Crippen LogP) is 4.36. The molecule has 7 heteroatoms. The number of methoxy groups -OCH3 is 1. The zero-order valence-electron chi connectivity index (χ0n) is 21.3. The van der Waals surface area contributed by atoms with Gasteiger partial charge in [0.15, 0.2) is 0 Å². The van der Waals surface area contributed by atoms with Crippen LogP contribution in [0.2, 0.25) is 0 Å². The van der Waals surface area contributed by atoms with Gasteiger partial charge in [0.05, 0.1) is 12.9 Å². The summed E-state index contributed by atoms with van der Waals surface area (Å²) in [4.78, 5) is 33.6. The van der Waals surface area contributed by atoms with Crippen molar-refractivity contribution in [3.05, 3.63) is 83.6 Å². The summed E-state index contributed by atoms with van der Waals surface area (Å²) in [6, 6.07) is 20.2. The molecular formula is C30H33N3O4. The molecule has 3 heterocycles. The first-order chi connectivity index (χ1) is 18.1. The van der Waals surface area contributed by atoms with Crippen molar-refractivity contribution in [3.63, 3.8) is 0 Å². The van der Waals surface area contributed by atoms with Gasteiger partial charge in [0, 0.05) is 44.9 Å². The molecule has 3 amide bonds. The van der Waals surface area contributed by atoms with Gasteiger partial charge in [0.1, 0.15) is 11.3 Å². The summed E-state index contributed by atoms with van der Waals surface area (Å²) in [6.45, 7) is 3.11. The van der Waals surface area contributed by atoms with E-state index in [0.717, 1.165) is 43.8 Å². The highest BCUT2D eigenvalue weighted by atomic mass is 16.5. The number of fused-ring (bicyclic) bond motifs is 1. The van der Waals surface area contributed by atoms with Crippen molar-refractivity contribution < 1.29 is 18.7 Å². The first kappa shape index (κ1) is 23.9. The molecule has 2 aromatic carbocycles. The van der Waals surface area contributed by atoms with Crippen molar-refractivity contribution >= 4 is 11.9 Å². The molecule has 1 aliphatic carbocycles. The smallest absolute Gasteiger partial charge is 0.328 e. The van der Waals surface area contributed by atoms with Gasteiger partial charge >= 0.3 is 6.03 Å². The molecule has 1 aromatic heterocycles. The van der Waals surface area contributed by atoms with E-state index in [1.54, 1.807) is 18.3 Å². The molecule has 0 atom stereocenters. The van der Waals surface area contributed by atoms with E-state index in [-0.39, 0.29) is 18.0 Å². The van der Waals surface area contributed by atoms with Gasteiger partial charge in [-0.3, -0.25) is 14.6 Å². The molecule has 192 valence electrons. The number of rotatable bonds is 7. The van der Waals surface area contributed by atoms with Crippen LogP contribution in [0.5, 0.6) is 0 Å². The Balaban J connectivity index is 1.21. The number of furan rings is 1. The Morgan fingerprint density at radius 3 is 2.32 bits per heavy atom. The highest BCUT2D eigenvalue weighted by Crippen LogP contribution is 2.41. The van der Waals surface area contributed by atoms with E-state index in [1.165, 1.54) is 16.7 Å². The maximum Gasteiger partial charge on any atom is 0.328 e. The summed E-state index contributed by atoms with van der Waals surface area (Å²) in [5.74, 6) is 0.835. The normalized spacial score (nSPS) is 19.8. The number of imide groups is 1. The Bertz CT molecular complexity index is 1250. The zero-order chi connectivity index (χ0) is 25.4. The second-order valence-corrected chi connectivity index (χ2v) is 10.4. The molecule has 2 saturated heterocycles. The van der Waals surface area contributed by atoms with Crippen molar-refractivity contribution in [2.45, 2.75) is 43.8 Å². The topological polar surface area (TPSA) is 66.2 Å². The summed E-state index contributed by atoms with van der Waals surface area (Å²) in [5, 5.41) is 0. The minimum atomic E-state index is -0.790. The fourth-order valence-corrected chi connectivity index (χ4v) is 6.41. The molecule has 2 fully saturated rings. The van der Waals surface area contributed by atoms with Crippen LogP contribution in [0.3, 0.4) is 0 Å². The third-order valence-corrected chi connectivity index (χ3v) is 8.37. The van der Waals surface area contributed by atoms with Crippen molar-refractivity contribution in [2.24, 2.45) is 0 Å². The van der Waals surface area contributed by atoms with E-state index in [2.05, 4.69) is 35.2 Å². The van der Waals surface area contributed by atoms with Crippen LogP contribution in [0.25, 0.3) is 11.3 Å². The molecule has 0 unspecified atom stereocenters. The van der Waals surface area contributed by atoms with Gasteiger partial charge in [-0.1, -0.05) is 48.5 Å². The van der Waals surface area contributed by atoms with E-state index < -0.39 is 5.54 Å². The minimum absolute atomic E-state index is 0.0259. The third kappa shape index (κ3) is 4.16. The second kappa shape index (κ2) is 9.80. The maximum atomic E-state index is 14.1. The lowest BCUT2D eigenvalue weighted by atomic mass is 9.85. The van der Waals surface area contributed by atoms with Gasteiger partial charge in [-0.25, -0.2) is 4.79 Å². The van der Waals surface area contributed by atoms with Crippen LogP contribution < -0.4 is 0 Å². The average molecular weight is 500 g/mol. The highest BCUT2D eigenvalue weighted by Gasteiger charge is 2.59. The Kier molecular flexibility index (Phi) is 6.34. The second-order valence-electron chi connectivity index (χ2n) is 10.4. The number of hydrogen-bond acceptors (Lipinski definition) is 5. The van der Waals surface area contributed by atoms with Gasteiger partial charge in [-0.2, -0.15) is 0 Å². The van der Waals surface area contributed by atoms with E-state index in [9.17, 15) is 9.59 Å². The van der Waals surface area contributed by atoms with Crippen molar-refractivity contribution in [1.29, 1.82) is 0 Å². The summed E-state index contributed by atoms with van der Waals surface area (Å²) in [7, 11) is 1.64. The number of hydrogen-bond donors (Lipinski definition) is 0. The predicted molar refractivity (Wildman–Crippen MR) is 140 cm³/mol. The van der Waals surface area contributed by atoms with Gasteiger partial charge in [-0.05, 0) is 54.5 Å². The van der Waals surface area contributed by atoms with Crippen LogP contribution in [0, 0.1) is 0 Å². The lowest BCUT2D eigenvalue weighted by Gasteiger charge is -2.42. The maximum absolute atomic E-state index is 14.1. The van der Waals surface area contributed by atoms with Gasteiger partial charge in [0.25, 0.3) is 5.91 Å². The van der Waals surface area contributed by atoms with Crippen molar-refractivity contribution in [1.82, 2.24) is 14.7 Å². The summed E-state index contributed by atoms with van der Waals surface area (Å²) in [5.41, 5.74) is 3.98. The van der Waals surface area contributed by atoms with Crippen LogP contribution in [0.1, 0.15) is 29.5 Å². The lowest BCUT2D eigenvalue weighted by molar-refractivity contribution is -0.137. The SMILES string of the molecule is COCCN1C(=O)N(C2Cc3ccccc3C2)C(=O)C12CCN(Cc1ccccc1-c1ccco1)CC2. The van der Waals surface area contributed by atoms with Gasteiger partial charge < -0.3 is 14.1 Å². The number of benzene rings is 2. The van der Waals surface area contributed by atoms with Crippen LogP contribution in [-0.2, 0) is 28.9 Å². The molecule has 1 spiro atoms. The van der Waals surface area contributed by atoms with Crippen LogP contribution >= 0.6 is 0 Å². The van der Waals surface area contributed by atoms with E-state index in [4.69, 9.17) is 9.15 Å². The molecular weight excluding hydrogens is 466 g/mol. The fraction of sp³-hybridized carbons (Fsp3) is 0.400. The van der Waals surface area contributed by atoms with Crippen LogP contribution in [0.4, 0.5) is 4.79 Å². The molecule has 0 saturated carbocycles. The minimum Gasteiger partial charge on any atom is -0.464 e. The molecule has 6 rings (SSSR count). The highest BCUT2D eigenvalue weighted by molar-refractivity contribution is 6.07. The zero-order valence-corrected chi connectivity index (χ0v) is 21.3. The first-order valence-electron chi connectivity index (χ1n) is 13.2. The first-order valence-corrected chi connectivity index (χ1v) is 13.2. The van der Waals surface area contributed by atoms with Crippen LogP contribution in [0.15, 0.2) is 71.3 Å². The summed E-state index contributed by atoms with van der Waals surface area (Å²) >= 11 is 0. The Morgan fingerprint density at radius 2 is 1.65 bits per heavy atom. The van der Waals surface area contributed by atoms with E-state index in [1.807, 2.05) is 35.2 Å². The largest absolute Gasteiger partial charge is 0.464 e. The van der Waals surface area contributed by atoms with Gasteiger partial charge in [0.2, 0.25) is 0 Å². The number of carbonyl (C=O) groups excluding carboxylic acids is 2. The number of amides is 3. The number of ether oxygens (including phenoxy) is 1. The average Bonchev–Trinajstić information content (AvgIpc) is 3.64. The molecule has 3 aromatic rings. The molecule has 2 aliphatic heterocycles. The number of nitrogens with zero attached hydrogens (tertiary/aromatic N) is 3. The Morgan fingerprint density at radius 1 is 0.946 bits per heavy atom. The number of likely N-dealkylation sites (tertiary alicyclic amines) is 1. The molecule has 0 radical (unpaired) electrons. The Labute approximate surface area is 217 Å². The Hall–Kier alpha value is -3.42. The number of carbonyl (C=O) groups is 2. The molecule has 0 bridgehead atoms. The van der Waals surface area contributed by atoms with Crippen molar-refractivity contribution in [2.75, 3.05) is 33.4 Å². The molecule has 0 N–H and O–H groups in total. The van der Waals surface area contributed by atoms with E-state index in [0.29, 0.717) is 26.0 Å². The number of piperidine rings is 1. The molecule has 3 aliphatic rings. The van der Waals surface area contributed by atoms with E-state index >= 15 is 0 Å². The molecule has 7 nitrogen and oxygen atoms in total. The van der Waals surface area contributed by atoms with Crippen LogP contribution in [-0.4, -0.2) is 71.6 Å². The summed E-state index contributed by atoms with van der Waals surface area (Å²) < 4.78 is 11.0. The number of urea groups is 1. The quantitative estimate of drug-likeness (QED) is 0.452. The third-order valence-electron chi connectivity index (χ3n) is 8.37. The monoisotopic (exact) mass is 499 g/mol. The van der Waals surface area contributed by atoms with Gasteiger partial charge in [-0.15, -0.1) is 0 Å². The standard InChI is InChI=1S/C30H33N3O4/c1-36-18-16-32-29(35)33(25-19-22-7-2-3-8-23(22)20-25)28(34)30(32)12-14-31(15-13-30)21-24-9-4-5-10-26(24)27-11-6-17-37-27/h2-11,17,25H,12-16,18-21H2,1H3. The molecule has 37 heavy (non-hydrogen) atoms.